The maximum absolute atomic E-state index is 13.5. The van der Waals surface area contributed by atoms with Crippen molar-refractivity contribution in [3.63, 3.8) is 0 Å². The first-order chi connectivity index (χ1) is 16.1. The summed E-state index contributed by atoms with van der Waals surface area (Å²) in [6, 6.07) is 19.3. The van der Waals surface area contributed by atoms with E-state index in [1.54, 1.807) is 30.7 Å². The van der Waals surface area contributed by atoms with Gasteiger partial charge in [0.15, 0.2) is 5.78 Å². The normalized spacial score (nSPS) is 20.2. The largest absolute Gasteiger partial charge is 0.362 e. The summed E-state index contributed by atoms with van der Waals surface area (Å²) < 4.78 is 0. The number of anilines is 1. The third kappa shape index (κ3) is 4.07. The molecule has 0 unspecified atom stereocenters. The number of carbonyl (C=O) groups is 2. The lowest BCUT2D eigenvalue weighted by atomic mass is 9.72. The van der Waals surface area contributed by atoms with E-state index in [1.807, 2.05) is 43.3 Å². The highest BCUT2D eigenvalue weighted by Crippen LogP contribution is 2.45. The van der Waals surface area contributed by atoms with E-state index < -0.39 is 5.92 Å². The van der Waals surface area contributed by atoms with Gasteiger partial charge in [-0.3, -0.25) is 19.6 Å². The van der Waals surface area contributed by atoms with Crippen LogP contribution in [0.25, 0.3) is 0 Å². The summed E-state index contributed by atoms with van der Waals surface area (Å²) in [5.41, 5.74) is 5.19. The topological polar surface area (TPSA) is 84.0 Å². The van der Waals surface area contributed by atoms with Crippen LogP contribution in [0.5, 0.6) is 0 Å². The third-order valence-electron chi connectivity index (χ3n) is 6.25. The van der Waals surface area contributed by atoms with E-state index in [9.17, 15) is 9.59 Å². The molecular formula is C27H24N4O2. The Bertz CT molecular complexity index is 1250. The van der Waals surface area contributed by atoms with Crippen molar-refractivity contribution in [2.45, 2.75) is 31.6 Å². The molecule has 1 aromatic carbocycles. The van der Waals surface area contributed by atoms with Gasteiger partial charge in [-0.25, -0.2) is 0 Å². The van der Waals surface area contributed by atoms with Crippen LogP contribution in [0, 0.1) is 0 Å². The molecule has 3 aromatic rings. The Morgan fingerprint density at radius 1 is 1.00 bits per heavy atom. The number of hydrogen-bond donors (Lipinski definition) is 2. The summed E-state index contributed by atoms with van der Waals surface area (Å²) in [6.07, 6.45) is 6.07. The lowest BCUT2D eigenvalue weighted by Gasteiger charge is -2.36. The van der Waals surface area contributed by atoms with Crippen LogP contribution in [-0.4, -0.2) is 21.7 Å². The number of benzene rings is 1. The number of Topliss-reactive ketones (excluding diaryl/α,β-unsaturated/α-hetero) is 1. The van der Waals surface area contributed by atoms with Crippen molar-refractivity contribution in [2.75, 3.05) is 5.32 Å². The number of aromatic nitrogens is 2. The Kier molecular flexibility index (Phi) is 5.57. The smallest absolute Gasteiger partial charge is 0.254 e. The van der Waals surface area contributed by atoms with Crippen molar-refractivity contribution < 1.29 is 9.59 Å². The van der Waals surface area contributed by atoms with Crippen molar-refractivity contribution in [3.05, 3.63) is 113 Å². The fourth-order valence-corrected chi connectivity index (χ4v) is 4.78. The molecule has 1 aliphatic heterocycles. The molecule has 2 N–H and O–H groups in total. The van der Waals surface area contributed by atoms with Crippen LogP contribution < -0.4 is 10.6 Å². The van der Waals surface area contributed by atoms with E-state index in [0.717, 1.165) is 17.0 Å². The van der Waals surface area contributed by atoms with Crippen LogP contribution in [0.3, 0.4) is 0 Å². The highest BCUT2D eigenvalue weighted by molar-refractivity contribution is 6.09. The molecular weight excluding hydrogens is 412 g/mol. The van der Waals surface area contributed by atoms with Crippen molar-refractivity contribution in [1.82, 2.24) is 15.3 Å². The highest BCUT2D eigenvalue weighted by atomic mass is 16.2. The maximum atomic E-state index is 13.5. The quantitative estimate of drug-likeness (QED) is 0.630. The number of dihydropyridines is 1. The van der Waals surface area contributed by atoms with Gasteiger partial charge in [0, 0.05) is 41.4 Å². The van der Waals surface area contributed by atoms with Gasteiger partial charge >= 0.3 is 0 Å². The Balaban J connectivity index is 1.55. The van der Waals surface area contributed by atoms with Gasteiger partial charge in [0.05, 0.1) is 23.5 Å². The average Bonchev–Trinajstić information content (AvgIpc) is 2.84. The van der Waals surface area contributed by atoms with Gasteiger partial charge in [0.25, 0.3) is 5.91 Å². The number of rotatable bonds is 4. The molecule has 6 heteroatoms. The molecule has 0 fully saturated rings. The van der Waals surface area contributed by atoms with Gasteiger partial charge in [0.2, 0.25) is 0 Å². The summed E-state index contributed by atoms with van der Waals surface area (Å²) >= 11 is 0. The molecule has 164 valence electrons. The van der Waals surface area contributed by atoms with Crippen LogP contribution in [0.2, 0.25) is 0 Å². The molecule has 5 rings (SSSR count). The van der Waals surface area contributed by atoms with Crippen LogP contribution in [0.15, 0.2) is 102 Å². The maximum Gasteiger partial charge on any atom is 0.254 e. The molecule has 1 aliphatic carbocycles. The minimum atomic E-state index is -0.525. The standard InChI is InChI=1S/C27H24N4O2/c1-17-24(27(33)31-20-10-7-12-28-16-20)26(21-11-5-6-13-29-21)25-22(30-17)14-19(15-23(25)32)18-8-3-2-4-9-18/h2-13,16,19,26,30H,14-15H2,1H3,(H,31,33)/t19-,26+/m1/s1. The van der Waals surface area contributed by atoms with E-state index in [2.05, 4.69) is 32.7 Å². The SMILES string of the molecule is CC1=C(C(=O)Nc2cccnc2)[C@H](c2ccccn2)C2=C(C[C@@H](c3ccccc3)CC2=O)N1. The van der Waals surface area contributed by atoms with Crippen LogP contribution in [0.1, 0.15) is 42.9 Å². The molecule has 2 aliphatic rings. The fraction of sp³-hybridized carbons (Fsp3) is 0.185. The first-order valence-corrected chi connectivity index (χ1v) is 11.0. The summed E-state index contributed by atoms with van der Waals surface area (Å²) in [5.74, 6) is -0.642. The summed E-state index contributed by atoms with van der Waals surface area (Å²) in [5, 5.41) is 6.32. The molecule has 2 atom stereocenters. The fourth-order valence-electron chi connectivity index (χ4n) is 4.78. The molecule has 0 radical (unpaired) electrons. The second kappa shape index (κ2) is 8.82. The molecule has 0 bridgehead atoms. The van der Waals surface area contributed by atoms with E-state index in [0.29, 0.717) is 35.4 Å². The molecule has 33 heavy (non-hydrogen) atoms. The van der Waals surface area contributed by atoms with Gasteiger partial charge in [-0.15, -0.1) is 0 Å². The molecule has 3 heterocycles. The van der Waals surface area contributed by atoms with Crippen molar-refractivity contribution in [3.8, 4) is 0 Å². The van der Waals surface area contributed by atoms with Gasteiger partial charge in [-0.05, 0) is 49.1 Å². The van der Waals surface area contributed by atoms with Crippen molar-refractivity contribution in [1.29, 1.82) is 0 Å². The Morgan fingerprint density at radius 2 is 1.82 bits per heavy atom. The zero-order chi connectivity index (χ0) is 22.8. The first kappa shape index (κ1) is 20.8. The number of amides is 1. The number of carbonyl (C=O) groups excluding carboxylic acids is 2. The number of allylic oxidation sites excluding steroid dienone is 3. The van der Waals surface area contributed by atoms with E-state index in [-0.39, 0.29) is 17.6 Å². The molecule has 0 saturated carbocycles. The van der Waals surface area contributed by atoms with E-state index in [4.69, 9.17) is 0 Å². The second-order valence-electron chi connectivity index (χ2n) is 8.38. The molecule has 0 saturated heterocycles. The van der Waals surface area contributed by atoms with Crippen LogP contribution in [0.4, 0.5) is 5.69 Å². The number of pyridine rings is 2. The third-order valence-corrected chi connectivity index (χ3v) is 6.25. The van der Waals surface area contributed by atoms with E-state index in [1.165, 1.54) is 0 Å². The van der Waals surface area contributed by atoms with Crippen molar-refractivity contribution >= 4 is 17.4 Å². The summed E-state index contributed by atoms with van der Waals surface area (Å²) in [6.45, 7) is 1.88. The number of nitrogens with one attached hydrogen (secondary N) is 2. The second-order valence-corrected chi connectivity index (χ2v) is 8.38. The minimum Gasteiger partial charge on any atom is -0.362 e. The molecule has 2 aromatic heterocycles. The van der Waals surface area contributed by atoms with Gasteiger partial charge in [-0.2, -0.15) is 0 Å². The number of nitrogens with zero attached hydrogens (tertiary/aromatic N) is 2. The van der Waals surface area contributed by atoms with Gasteiger partial charge < -0.3 is 10.6 Å². The van der Waals surface area contributed by atoms with Crippen LogP contribution in [-0.2, 0) is 9.59 Å². The number of hydrogen-bond acceptors (Lipinski definition) is 5. The zero-order valence-corrected chi connectivity index (χ0v) is 18.3. The zero-order valence-electron chi connectivity index (χ0n) is 18.3. The lowest BCUT2D eigenvalue weighted by molar-refractivity contribution is -0.116. The first-order valence-electron chi connectivity index (χ1n) is 11.0. The van der Waals surface area contributed by atoms with E-state index >= 15 is 0 Å². The predicted molar refractivity (Wildman–Crippen MR) is 126 cm³/mol. The average molecular weight is 437 g/mol. The molecule has 1 amide bonds. The Hall–Kier alpha value is -4.06. The minimum absolute atomic E-state index is 0.0485. The highest BCUT2D eigenvalue weighted by Gasteiger charge is 2.41. The summed E-state index contributed by atoms with van der Waals surface area (Å²) in [7, 11) is 0. The van der Waals surface area contributed by atoms with Gasteiger partial charge in [-0.1, -0.05) is 36.4 Å². The number of ketones is 1. The monoisotopic (exact) mass is 436 g/mol. The Morgan fingerprint density at radius 3 is 2.55 bits per heavy atom. The van der Waals surface area contributed by atoms with Gasteiger partial charge in [0.1, 0.15) is 0 Å². The molecule has 0 spiro atoms. The summed E-state index contributed by atoms with van der Waals surface area (Å²) in [4.78, 5) is 35.6. The predicted octanol–water partition coefficient (Wildman–Crippen LogP) is 4.48. The van der Waals surface area contributed by atoms with Crippen molar-refractivity contribution in [2.24, 2.45) is 0 Å². The van der Waals surface area contributed by atoms with Crippen LogP contribution >= 0.6 is 0 Å². The lowest BCUT2D eigenvalue weighted by Crippen LogP contribution is -2.37. The Labute approximate surface area is 192 Å². The molecule has 6 nitrogen and oxygen atoms in total.